The van der Waals surface area contributed by atoms with Gasteiger partial charge in [0.15, 0.2) is 5.75 Å². The second kappa shape index (κ2) is 5.89. The molecule has 1 rings (SSSR count). The molecule has 0 fully saturated rings. The minimum Gasteiger partial charge on any atom is -0.487 e. The van der Waals surface area contributed by atoms with Crippen LogP contribution in [0.2, 0.25) is 5.02 Å². The van der Waals surface area contributed by atoms with Crippen molar-refractivity contribution in [3.8, 4) is 5.75 Å². The highest BCUT2D eigenvalue weighted by Gasteiger charge is 2.14. The summed E-state index contributed by atoms with van der Waals surface area (Å²) in [4.78, 5) is 11.5. The largest absolute Gasteiger partial charge is 0.487 e. The van der Waals surface area contributed by atoms with Crippen LogP contribution in [0.15, 0.2) is 18.2 Å². The summed E-state index contributed by atoms with van der Waals surface area (Å²) in [5.41, 5.74) is 6.02. The van der Waals surface area contributed by atoms with E-state index in [-0.39, 0.29) is 12.0 Å². The monoisotopic (exact) mass is 256 g/mol. The zero-order valence-electron chi connectivity index (χ0n) is 10.2. The lowest BCUT2D eigenvalue weighted by molar-refractivity contribution is -0.117. The maximum atomic E-state index is 11.5. The van der Waals surface area contributed by atoms with Crippen LogP contribution in [0.1, 0.15) is 20.8 Å². The molecule has 0 aromatic heterocycles. The van der Waals surface area contributed by atoms with Gasteiger partial charge in [-0.25, -0.2) is 0 Å². The van der Waals surface area contributed by atoms with Crippen LogP contribution in [-0.2, 0) is 4.79 Å². The van der Waals surface area contributed by atoms with Gasteiger partial charge in [-0.1, -0.05) is 17.7 Å². The van der Waals surface area contributed by atoms with E-state index in [2.05, 4.69) is 5.32 Å². The number of anilines is 1. The van der Waals surface area contributed by atoms with E-state index in [0.717, 1.165) is 0 Å². The van der Waals surface area contributed by atoms with Gasteiger partial charge in [0.1, 0.15) is 0 Å². The second-order valence-electron chi connectivity index (χ2n) is 4.06. The van der Waals surface area contributed by atoms with E-state index in [4.69, 9.17) is 22.1 Å². The molecule has 1 aromatic rings. The number of hydrogen-bond donors (Lipinski definition) is 2. The highest BCUT2D eigenvalue weighted by Crippen LogP contribution is 2.33. The third kappa shape index (κ3) is 3.91. The number of hydrogen-bond acceptors (Lipinski definition) is 3. The number of carbonyl (C=O) groups excluding carboxylic acids is 1. The van der Waals surface area contributed by atoms with Gasteiger partial charge in [0.05, 0.1) is 22.9 Å². The molecular weight excluding hydrogens is 240 g/mol. The SMILES string of the molecule is CC(C)Oc1c(Cl)cccc1NC(=O)[C@H](C)N. The summed E-state index contributed by atoms with van der Waals surface area (Å²) < 4.78 is 5.57. The molecule has 17 heavy (non-hydrogen) atoms. The van der Waals surface area contributed by atoms with Crippen LogP contribution in [0, 0.1) is 0 Å². The summed E-state index contributed by atoms with van der Waals surface area (Å²) in [5.74, 6) is 0.194. The zero-order chi connectivity index (χ0) is 13.0. The summed E-state index contributed by atoms with van der Waals surface area (Å²) >= 11 is 6.03. The van der Waals surface area contributed by atoms with E-state index in [0.29, 0.717) is 16.5 Å². The van der Waals surface area contributed by atoms with Crippen LogP contribution in [0.3, 0.4) is 0 Å². The number of nitrogens with two attached hydrogens (primary N) is 1. The van der Waals surface area contributed by atoms with E-state index in [9.17, 15) is 4.79 Å². The van der Waals surface area contributed by atoms with Gasteiger partial charge in [0.2, 0.25) is 5.91 Å². The fraction of sp³-hybridized carbons (Fsp3) is 0.417. The quantitative estimate of drug-likeness (QED) is 0.870. The molecule has 94 valence electrons. The molecule has 0 saturated carbocycles. The number of ether oxygens (including phenoxy) is 1. The van der Waals surface area contributed by atoms with Crippen molar-refractivity contribution in [1.29, 1.82) is 0 Å². The van der Waals surface area contributed by atoms with E-state index in [1.165, 1.54) is 0 Å². The van der Waals surface area contributed by atoms with Crippen molar-refractivity contribution in [3.05, 3.63) is 23.2 Å². The number of halogens is 1. The van der Waals surface area contributed by atoms with Crippen LogP contribution in [0.4, 0.5) is 5.69 Å². The molecule has 3 N–H and O–H groups in total. The fourth-order valence-corrected chi connectivity index (χ4v) is 1.43. The van der Waals surface area contributed by atoms with E-state index >= 15 is 0 Å². The number of carbonyl (C=O) groups is 1. The molecule has 0 aliphatic heterocycles. The normalized spacial score (nSPS) is 12.4. The molecule has 5 heteroatoms. The van der Waals surface area contributed by atoms with Gasteiger partial charge < -0.3 is 15.8 Å². The van der Waals surface area contributed by atoms with Crippen LogP contribution in [0.25, 0.3) is 0 Å². The smallest absolute Gasteiger partial charge is 0.241 e. The molecule has 1 amide bonds. The third-order valence-corrected chi connectivity index (χ3v) is 2.29. The van der Waals surface area contributed by atoms with Crippen LogP contribution in [-0.4, -0.2) is 18.1 Å². The number of rotatable bonds is 4. The first kappa shape index (κ1) is 13.8. The molecule has 0 saturated heterocycles. The van der Waals surface area contributed by atoms with Gasteiger partial charge in [0, 0.05) is 0 Å². The Hall–Kier alpha value is -1.26. The van der Waals surface area contributed by atoms with Gasteiger partial charge in [0.25, 0.3) is 0 Å². The predicted molar refractivity (Wildman–Crippen MR) is 69.5 cm³/mol. The van der Waals surface area contributed by atoms with Gasteiger partial charge in [-0.3, -0.25) is 4.79 Å². The maximum Gasteiger partial charge on any atom is 0.241 e. The third-order valence-electron chi connectivity index (χ3n) is 1.99. The lowest BCUT2D eigenvalue weighted by Crippen LogP contribution is -2.32. The lowest BCUT2D eigenvalue weighted by Gasteiger charge is -2.16. The Morgan fingerprint density at radius 2 is 2.06 bits per heavy atom. The summed E-state index contributed by atoms with van der Waals surface area (Å²) in [6, 6.07) is 4.60. The maximum absolute atomic E-state index is 11.5. The molecule has 0 aliphatic carbocycles. The summed E-state index contributed by atoms with van der Waals surface area (Å²) in [6.45, 7) is 5.39. The van der Waals surface area contributed by atoms with E-state index < -0.39 is 6.04 Å². The van der Waals surface area contributed by atoms with Crippen molar-refractivity contribution >= 4 is 23.2 Å². The highest BCUT2D eigenvalue weighted by molar-refractivity contribution is 6.32. The number of amides is 1. The van der Waals surface area contributed by atoms with Crippen molar-refractivity contribution < 1.29 is 9.53 Å². The van der Waals surface area contributed by atoms with Crippen molar-refractivity contribution in [3.63, 3.8) is 0 Å². The first-order valence-electron chi connectivity index (χ1n) is 5.43. The molecule has 0 heterocycles. The molecular formula is C12H17ClN2O2. The molecule has 1 aromatic carbocycles. The Labute approximate surface area is 106 Å². The number of benzene rings is 1. The minimum absolute atomic E-state index is 0.0270. The van der Waals surface area contributed by atoms with Gasteiger partial charge in [-0.05, 0) is 32.9 Å². The van der Waals surface area contributed by atoms with Crippen molar-refractivity contribution in [1.82, 2.24) is 0 Å². The predicted octanol–water partition coefficient (Wildman–Crippen LogP) is 2.41. The Balaban J connectivity index is 2.98. The first-order valence-corrected chi connectivity index (χ1v) is 5.81. The van der Waals surface area contributed by atoms with Gasteiger partial charge >= 0.3 is 0 Å². The van der Waals surface area contributed by atoms with Crippen molar-refractivity contribution in [2.45, 2.75) is 32.9 Å². The average molecular weight is 257 g/mol. The molecule has 1 atom stereocenters. The molecule has 0 spiro atoms. The Kier molecular flexibility index (Phi) is 4.78. The number of nitrogens with one attached hydrogen (secondary N) is 1. The average Bonchev–Trinajstić information content (AvgIpc) is 2.22. The Morgan fingerprint density at radius 1 is 1.41 bits per heavy atom. The summed E-state index contributed by atoms with van der Waals surface area (Å²) in [7, 11) is 0. The topological polar surface area (TPSA) is 64.3 Å². The Morgan fingerprint density at radius 3 is 2.59 bits per heavy atom. The molecule has 0 radical (unpaired) electrons. The van der Waals surface area contributed by atoms with Crippen molar-refractivity contribution in [2.24, 2.45) is 5.73 Å². The van der Waals surface area contributed by atoms with E-state index in [1.807, 2.05) is 13.8 Å². The molecule has 4 nitrogen and oxygen atoms in total. The standard InChI is InChI=1S/C12H17ClN2O2/c1-7(2)17-11-9(13)5-4-6-10(11)15-12(16)8(3)14/h4-8H,14H2,1-3H3,(H,15,16)/t8-/m0/s1. The molecule has 0 unspecified atom stereocenters. The van der Waals surface area contributed by atoms with Gasteiger partial charge in [-0.15, -0.1) is 0 Å². The van der Waals surface area contributed by atoms with Crippen LogP contribution in [0.5, 0.6) is 5.75 Å². The lowest BCUT2D eigenvalue weighted by atomic mass is 10.2. The highest BCUT2D eigenvalue weighted by atomic mass is 35.5. The summed E-state index contributed by atoms with van der Waals surface area (Å²) in [5, 5.41) is 3.14. The van der Waals surface area contributed by atoms with Crippen molar-refractivity contribution in [2.75, 3.05) is 5.32 Å². The van der Waals surface area contributed by atoms with Gasteiger partial charge in [-0.2, -0.15) is 0 Å². The first-order chi connectivity index (χ1) is 7.91. The Bertz CT molecular complexity index is 405. The minimum atomic E-state index is -0.583. The van der Waals surface area contributed by atoms with E-state index in [1.54, 1.807) is 25.1 Å². The second-order valence-corrected chi connectivity index (χ2v) is 4.47. The summed E-state index contributed by atoms with van der Waals surface area (Å²) in [6.07, 6.45) is -0.0270. The van der Waals surface area contributed by atoms with Crippen LogP contribution >= 0.6 is 11.6 Å². The van der Waals surface area contributed by atoms with Crippen LogP contribution < -0.4 is 15.8 Å². The number of para-hydroxylation sites is 1. The molecule has 0 bridgehead atoms. The fourth-order valence-electron chi connectivity index (χ4n) is 1.21. The molecule has 0 aliphatic rings. The zero-order valence-corrected chi connectivity index (χ0v) is 10.9.